The summed E-state index contributed by atoms with van der Waals surface area (Å²) >= 11 is 1.61. The molecular weight excluding hydrogens is 389 g/mol. The fourth-order valence-electron chi connectivity index (χ4n) is 3.13. The molecule has 2 heterocycles. The zero-order valence-corrected chi connectivity index (χ0v) is 17.6. The Morgan fingerprint density at radius 1 is 1.14 bits per heavy atom. The summed E-state index contributed by atoms with van der Waals surface area (Å²) < 4.78 is 15.0. The van der Waals surface area contributed by atoms with Crippen LogP contribution in [0, 0.1) is 19.7 Å². The third-order valence-electron chi connectivity index (χ3n) is 4.64. The molecule has 0 aliphatic heterocycles. The molecule has 0 bridgehead atoms. The summed E-state index contributed by atoms with van der Waals surface area (Å²) in [5.74, 6) is -0.461. The van der Waals surface area contributed by atoms with Gasteiger partial charge in [-0.15, -0.1) is 11.3 Å². The first kappa shape index (κ1) is 20.9. The number of thiazole rings is 1. The quantitative estimate of drug-likeness (QED) is 0.613. The highest BCUT2D eigenvalue weighted by atomic mass is 32.1. The molecule has 0 unspecified atom stereocenters. The molecule has 3 aromatic rings. The average molecular weight is 414 g/mol. The van der Waals surface area contributed by atoms with Crippen LogP contribution in [0.5, 0.6) is 0 Å². The van der Waals surface area contributed by atoms with Gasteiger partial charge >= 0.3 is 0 Å². The summed E-state index contributed by atoms with van der Waals surface area (Å²) in [4.78, 5) is 26.6. The number of nitrogens with two attached hydrogens (primary N) is 1. The number of primary amides is 1. The molecule has 1 aromatic carbocycles. The lowest BCUT2D eigenvalue weighted by Gasteiger charge is -2.19. The van der Waals surface area contributed by atoms with E-state index in [-0.39, 0.29) is 24.0 Å². The second-order valence-electron chi connectivity index (χ2n) is 7.02. The first-order valence-corrected chi connectivity index (χ1v) is 10.1. The van der Waals surface area contributed by atoms with Crippen molar-refractivity contribution in [2.75, 3.05) is 11.9 Å². The van der Waals surface area contributed by atoms with E-state index in [2.05, 4.69) is 15.0 Å². The van der Waals surface area contributed by atoms with Crippen LogP contribution in [0.4, 0.5) is 10.2 Å². The molecule has 0 fully saturated rings. The average Bonchev–Trinajstić information content (AvgIpc) is 2.98. The predicted molar refractivity (Wildman–Crippen MR) is 112 cm³/mol. The third-order valence-corrected chi connectivity index (χ3v) is 5.69. The largest absolute Gasteiger partial charge is 0.369 e. The number of hydrogen-bond donors (Lipinski definition) is 1. The van der Waals surface area contributed by atoms with Gasteiger partial charge in [-0.3, -0.25) is 4.79 Å². The van der Waals surface area contributed by atoms with E-state index < -0.39 is 0 Å². The molecule has 0 aliphatic carbocycles. The lowest BCUT2D eigenvalue weighted by atomic mass is 10.0. The van der Waals surface area contributed by atoms with Crippen molar-refractivity contribution in [3.63, 3.8) is 0 Å². The number of benzene rings is 1. The first-order chi connectivity index (χ1) is 13.8. The van der Waals surface area contributed by atoms with Gasteiger partial charge < -0.3 is 10.6 Å². The zero-order valence-electron chi connectivity index (χ0n) is 16.8. The number of aryl methyl sites for hydroxylation is 4. The van der Waals surface area contributed by atoms with E-state index in [0.29, 0.717) is 25.1 Å². The van der Waals surface area contributed by atoms with Crippen LogP contribution in [0.1, 0.15) is 32.4 Å². The first-order valence-electron chi connectivity index (χ1n) is 9.33. The number of carbonyl (C=O) groups is 1. The second kappa shape index (κ2) is 9.09. The van der Waals surface area contributed by atoms with Gasteiger partial charge in [0.1, 0.15) is 6.33 Å². The maximum Gasteiger partial charge on any atom is 0.221 e. The Kier molecular flexibility index (Phi) is 6.53. The van der Waals surface area contributed by atoms with E-state index in [1.807, 2.05) is 45.2 Å². The Bertz CT molecular complexity index is 1000. The molecule has 0 saturated carbocycles. The fraction of sp³-hybridized carbons (Fsp3) is 0.333. The van der Waals surface area contributed by atoms with Crippen molar-refractivity contribution in [3.05, 3.63) is 68.8 Å². The highest BCUT2D eigenvalue weighted by Gasteiger charge is 2.17. The number of aromatic nitrogens is 3. The van der Waals surface area contributed by atoms with Gasteiger partial charge in [-0.05, 0) is 37.8 Å². The smallest absolute Gasteiger partial charge is 0.221 e. The Morgan fingerprint density at radius 2 is 1.83 bits per heavy atom. The van der Waals surface area contributed by atoms with Gasteiger partial charge in [0.2, 0.25) is 5.91 Å². The SMILES string of the molecule is Cc1nc(C)c(CN(C)c2ncnc(CCc3ccc(CC(N)=O)cc3)c2F)s1. The minimum Gasteiger partial charge on any atom is -0.369 e. The molecular formula is C21H24FN5OS. The summed E-state index contributed by atoms with van der Waals surface area (Å²) in [7, 11) is 1.82. The molecule has 2 aromatic heterocycles. The lowest BCUT2D eigenvalue weighted by molar-refractivity contribution is -0.117. The van der Waals surface area contributed by atoms with Gasteiger partial charge in [0.05, 0.1) is 29.4 Å². The number of halogens is 1. The minimum absolute atomic E-state index is 0.218. The molecule has 3 rings (SSSR count). The molecule has 0 aliphatic rings. The van der Waals surface area contributed by atoms with Crippen molar-refractivity contribution in [3.8, 4) is 0 Å². The fourth-order valence-corrected chi connectivity index (χ4v) is 4.12. The minimum atomic E-state index is -0.390. The maximum atomic E-state index is 15.0. The Hall–Kier alpha value is -2.87. The predicted octanol–water partition coefficient (Wildman–Crippen LogP) is 3.14. The molecule has 29 heavy (non-hydrogen) atoms. The van der Waals surface area contributed by atoms with Gasteiger partial charge in [-0.25, -0.2) is 19.3 Å². The standard InChI is InChI=1S/C21H24FN5OS/c1-13-18(29-14(2)26-13)11-27(3)21-20(22)17(24-12-25-21)9-8-15-4-6-16(7-5-15)10-19(23)28/h4-7,12H,8-11H2,1-3H3,(H2,23,28). The van der Waals surface area contributed by atoms with Gasteiger partial charge in [-0.2, -0.15) is 0 Å². The zero-order chi connectivity index (χ0) is 21.0. The molecule has 0 atom stereocenters. The molecule has 152 valence electrons. The highest BCUT2D eigenvalue weighted by molar-refractivity contribution is 7.11. The Morgan fingerprint density at radius 3 is 2.45 bits per heavy atom. The number of amides is 1. The second-order valence-corrected chi connectivity index (χ2v) is 8.30. The number of hydrogen-bond acceptors (Lipinski definition) is 6. The maximum absolute atomic E-state index is 15.0. The lowest BCUT2D eigenvalue weighted by Crippen LogP contribution is -2.20. The van der Waals surface area contributed by atoms with E-state index in [9.17, 15) is 4.79 Å². The number of carbonyl (C=O) groups excluding carboxylic acids is 1. The van der Waals surface area contributed by atoms with Crippen LogP contribution in [0.15, 0.2) is 30.6 Å². The molecule has 8 heteroatoms. The topological polar surface area (TPSA) is 85.0 Å². The van der Waals surface area contributed by atoms with Gasteiger partial charge in [0.25, 0.3) is 0 Å². The number of rotatable bonds is 8. The van der Waals surface area contributed by atoms with E-state index in [1.165, 1.54) is 6.33 Å². The van der Waals surface area contributed by atoms with Gasteiger partial charge in [0.15, 0.2) is 11.6 Å². The summed E-state index contributed by atoms with van der Waals surface area (Å²) in [5, 5.41) is 0.997. The molecule has 0 radical (unpaired) electrons. The van der Waals surface area contributed by atoms with Crippen molar-refractivity contribution >= 4 is 23.1 Å². The van der Waals surface area contributed by atoms with Crippen LogP contribution in [0.3, 0.4) is 0 Å². The molecule has 6 nitrogen and oxygen atoms in total. The van der Waals surface area contributed by atoms with Crippen molar-refractivity contribution in [1.82, 2.24) is 15.0 Å². The Balaban J connectivity index is 1.68. The molecule has 0 spiro atoms. The van der Waals surface area contributed by atoms with E-state index in [4.69, 9.17) is 5.73 Å². The molecule has 2 N–H and O–H groups in total. The van der Waals surface area contributed by atoms with Crippen molar-refractivity contribution < 1.29 is 9.18 Å². The van der Waals surface area contributed by atoms with Crippen LogP contribution in [-0.2, 0) is 30.6 Å². The van der Waals surface area contributed by atoms with Crippen LogP contribution < -0.4 is 10.6 Å². The summed E-state index contributed by atoms with van der Waals surface area (Å²) in [5.41, 5.74) is 8.48. The van der Waals surface area contributed by atoms with Crippen LogP contribution in [0.2, 0.25) is 0 Å². The monoisotopic (exact) mass is 413 g/mol. The number of anilines is 1. The number of nitrogens with zero attached hydrogens (tertiary/aromatic N) is 4. The summed E-state index contributed by atoms with van der Waals surface area (Å²) in [6.45, 7) is 4.47. The van der Waals surface area contributed by atoms with Crippen LogP contribution >= 0.6 is 11.3 Å². The van der Waals surface area contributed by atoms with Crippen molar-refractivity contribution in [2.45, 2.75) is 39.7 Å². The van der Waals surface area contributed by atoms with E-state index in [0.717, 1.165) is 26.7 Å². The normalized spacial score (nSPS) is 10.9. The molecule has 1 amide bonds. The van der Waals surface area contributed by atoms with E-state index in [1.54, 1.807) is 16.2 Å². The van der Waals surface area contributed by atoms with Crippen LogP contribution in [-0.4, -0.2) is 27.9 Å². The summed E-state index contributed by atoms with van der Waals surface area (Å²) in [6.07, 6.45) is 2.73. The van der Waals surface area contributed by atoms with Crippen LogP contribution in [0.25, 0.3) is 0 Å². The van der Waals surface area contributed by atoms with Crippen molar-refractivity contribution in [2.24, 2.45) is 5.73 Å². The third kappa shape index (κ3) is 5.35. The van der Waals surface area contributed by atoms with Crippen molar-refractivity contribution in [1.29, 1.82) is 0 Å². The Labute approximate surface area is 173 Å². The molecule has 0 saturated heterocycles. The highest BCUT2D eigenvalue weighted by Crippen LogP contribution is 2.24. The van der Waals surface area contributed by atoms with Gasteiger partial charge in [0, 0.05) is 11.9 Å². The van der Waals surface area contributed by atoms with E-state index >= 15 is 4.39 Å². The summed E-state index contributed by atoms with van der Waals surface area (Å²) in [6, 6.07) is 7.60. The van der Waals surface area contributed by atoms with Gasteiger partial charge in [-0.1, -0.05) is 24.3 Å².